The van der Waals surface area contributed by atoms with Crippen LogP contribution in [0.1, 0.15) is 26.5 Å². The Labute approximate surface area is 237 Å². The first-order chi connectivity index (χ1) is 19.4. The van der Waals surface area contributed by atoms with Crippen molar-refractivity contribution in [1.82, 2.24) is 13.9 Å². The van der Waals surface area contributed by atoms with Crippen molar-refractivity contribution < 1.29 is 32.2 Å². The molecule has 5 rings (SSSR count). The lowest BCUT2D eigenvalue weighted by Crippen LogP contribution is -2.41. The van der Waals surface area contributed by atoms with Gasteiger partial charge in [-0.3, -0.25) is 4.90 Å². The van der Waals surface area contributed by atoms with Crippen LogP contribution in [0.4, 0.5) is 9.18 Å². The van der Waals surface area contributed by atoms with Crippen LogP contribution >= 0.6 is 0 Å². The van der Waals surface area contributed by atoms with E-state index in [2.05, 4.69) is 4.98 Å². The number of hydrogen-bond acceptors (Lipinski definition) is 7. The maximum atomic E-state index is 14.4. The summed E-state index contributed by atoms with van der Waals surface area (Å²) < 4.78 is 54.8. The lowest BCUT2D eigenvalue weighted by Gasteiger charge is -2.27. The van der Waals surface area contributed by atoms with Gasteiger partial charge in [-0.25, -0.2) is 26.6 Å². The molecule has 4 aromatic rings. The summed E-state index contributed by atoms with van der Waals surface area (Å²) in [7, 11) is -2.73. The number of ether oxygens (including phenoxy) is 2. The Bertz CT molecular complexity index is 1760. The number of rotatable bonds is 6. The molecule has 0 spiro atoms. The number of aliphatic hydroxyl groups excluding tert-OH is 1. The van der Waals surface area contributed by atoms with E-state index in [1.165, 1.54) is 48.5 Å². The van der Waals surface area contributed by atoms with E-state index in [0.29, 0.717) is 27.8 Å². The molecule has 1 aliphatic heterocycles. The van der Waals surface area contributed by atoms with Gasteiger partial charge in [-0.15, -0.1) is 0 Å². The molecule has 0 radical (unpaired) electrons. The van der Waals surface area contributed by atoms with Crippen molar-refractivity contribution in [2.75, 3.05) is 20.3 Å². The number of fused-ring (bicyclic) bond motifs is 1. The third kappa shape index (κ3) is 5.30. The fourth-order valence-corrected chi connectivity index (χ4v) is 6.39. The number of carbonyl (C=O) groups is 1. The summed E-state index contributed by atoms with van der Waals surface area (Å²) in [5.74, 6) is -0.0877. The van der Waals surface area contributed by atoms with Crippen LogP contribution in [-0.4, -0.2) is 65.4 Å². The molecular formula is C30H30FN3O6S. The molecule has 1 aliphatic rings. The van der Waals surface area contributed by atoms with Gasteiger partial charge >= 0.3 is 6.09 Å². The second-order valence-corrected chi connectivity index (χ2v) is 12.4. The highest BCUT2D eigenvalue weighted by molar-refractivity contribution is 7.90. The van der Waals surface area contributed by atoms with E-state index >= 15 is 0 Å². The first kappa shape index (κ1) is 28.3. The summed E-state index contributed by atoms with van der Waals surface area (Å²) in [5.41, 5.74) is 1.01. The fraction of sp³-hybridized carbons (Fsp3) is 0.267. The zero-order chi connectivity index (χ0) is 29.5. The summed E-state index contributed by atoms with van der Waals surface area (Å²) in [6.07, 6.45) is 2.46. The summed E-state index contributed by atoms with van der Waals surface area (Å²) in [6.45, 7) is 4.81. The van der Waals surface area contributed by atoms with Crippen LogP contribution in [0.25, 0.3) is 27.7 Å². The van der Waals surface area contributed by atoms with Gasteiger partial charge in [0, 0.05) is 17.1 Å². The van der Waals surface area contributed by atoms with E-state index in [9.17, 15) is 22.7 Å². The largest absolute Gasteiger partial charge is 0.496 e. The Balaban J connectivity index is 1.75. The molecule has 0 saturated carbocycles. The smallest absolute Gasteiger partial charge is 0.411 e. The van der Waals surface area contributed by atoms with Gasteiger partial charge in [0.15, 0.2) is 5.65 Å². The third-order valence-corrected chi connectivity index (χ3v) is 8.39. The van der Waals surface area contributed by atoms with Crippen molar-refractivity contribution in [3.63, 3.8) is 0 Å². The lowest BCUT2D eigenvalue weighted by atomic mass is 10.0. The van der Waals surface area contributed by atoms with E-state index in [-0.39, 0.29) is 22.8 Å². The van der Waals surface area contributed by atoms with Crippen LogP contribution < -0.4 is 4.74 Å². The first-order valence-corrected chi connectivity index (χ1v) is 14.3. The molecule has 2 aromatic carbocycles. The molecule has 0 aliphatic carbocycles. The maximum absolute atomic E-state index is 14.4. The molecule has 3 heterocycles. The number of aromatic nitrogens is 2. The minimum Gasteiger partial charge on any atom is -0.496 e. The van der Waals surface area contributed by atoms with Gasteiger partial charge < -0.3 is 14.6 Å². The van der Waals surface area contributed by atoms with Crippen LogP contribution in [-0.2, 0) is 14.8 Å². The fourth-order valence-electron chi connectivity index (χ4n) is 4.88. The topological polar surface area (TPSA) is 111 Å². The molecule has 41 heavy (non-hydrogen) atoms. The predicted molar refractivity (Wildman–Crippen MR) is 152 cm³/mol. The van der Waals surface area contributed by atoms with Gasteiger partial charge in [-0.2, -0.15) is 0 Å². The zero-order valence-electron chi connectivity index (χ0n) is 23.0. The number of hydrogen-bond donors (Lipinski definition) is 1. The van der Waals surface area contributed by atoms with Crippen molar-refractivity contribution >= 4 is 32.7 Å². The van der Waals surface area contributed by atoms with Gasteiger partial charge in [0.2, 0.25) is 0 Å². The summed E-state index contributed by atoms with van der Waals surface area (Å²) in [6, 6.07) is 14.6. The zero-order valence-corrected chi connectivity index (χ0v) is 23.9. The van der Waals surface area contributed by atoms with Crippen molar-refractivity contribution in [1.29, 1.82) is 0 Å². The molecule has 11 heteroatoms. The molecule has 0 fully saturated rings. The number of carbonyl (C=O) groups excluding carboxylic acids is 1. The SMILES string of the molecule is COc1ccc(F)cc1-c1ccnc2c1cc(C1=CC(CO)N(C(=O)OC(C)(C)C)C1)n2S(=O)(=O)c1ccccc1. The second-order valence-electron chi connectivity index (χ2n) is 10.6. The molecule has 0 saturated heterocycles. The summed E-state index contributed by atoms with van der Waals surface area (Å²) in [4.78, 5) is 18.8. The summed E-state index contributed by atoms with van der Waals surface area (Å²) in [5, 5.41) is 10.5. The number of nitrogens with zero attached hydrogens (tertiary/aromatic N) is 3. The Morgan fingerprint density at radius 3 is 2.49 bits per heavy atom. The Kier molecular flexibility index (Phi) is 7.35. The predicted octanol–water partition coefficient (Wildman–Crippen LogP) is 5.08. The van der Waals surface area contributed by atoms with Crippen molar-refractivity contribution in [2.24, 2.45) is 0 Å². The van der Waals surface area contributed by atoms with Gasteiger partial charge in [0.25, 0.3) is 10.0 Å². The number of benzene rings is 2. The normalized spacial score (nSPS) is 15.7. The standard InChI is InChI=1S/C30H30FN3O6S/c1-30(2,3)40-29(36)33-17-19(14-21(33)18-35)26-16-25-23(24-15-20(31)10-11-27(24)39-4)12-13-32-28(25)34(26)41(37,38)22-8-6-5-7-9-22/h5-16,21,35H,17-18H2,1-4H3. The minimum absolute atomic E-state index is 0.0145. The number of pyridine rings is 1. The Morgan fingerprint density at radius 1 is 1.10 bits per heavy atom. The molecule has 1 amide bonds. The molecule has 1 atom stereocenters. The highest BCUT2D eigenvalue weighted by Crippen LogP contribution is 2.39. The van der Waals surface area contributed by atoms with Crippen LogP contribution in [0.2, 0.25) is 0 Å². The molecular weight excluding hydrogens is 549 g/mol. The quantitative estimate of drug-likeness (QED) is 0.339. The average molecular weight is 580 g/mol. The monoisotopic (exact) mass is 579 g/mol. The number of methoxy groups -OCH3 is 1. The number of aliphatic hydroxyl groups is 1. The summed E-state index contributed by atoms with van der Waals surface area (Å²) >= 11 is 0. The number of halogens is 1. The van der Waals surface area contributed by atoms with Gasteiger partial charge in [0.1, 0.15) is 17.2 Å². The second kappa shape index (κ2) is 10.6. The van der Waals surface area contributed by atoms with Crippen molar-refractivity contribution in [3.8, 4) is 16.9 Å². The van der Waals surface area contributed by atoms with Crippen LogP contribution in [0.5, 0.6) is 5.75 Å². The molecule has 214 valence electrons. The molecule has 1 N–H and O–H groups in total. The van der Waals surface area contributed by atoms with Gasteiger partial charge in [0.05, 0.1) is 36.9 Å². The van der Waals surface area contributed by atoms with Gasteiger partial charge in [-0.1, -0.05) is 24.3 Å². The van der Waals surface area contributed by atoms with E-state index in [1.807, 2.05) is 0 Å². The van der Waals surface area contributed by atoms with Crippen molar-refractivity contribution in [3.05, 3.63) is 84.4 Å². The van der Waals surface area contributed by atoms with E-state index in [4.69, 9.17) is 9.47 Å². The number of amides is 1. The average Bonchev–Trinajstić information content (AvgIpc) is 3.55. The van der Waals surface area contributed by atoms with Crippen LogP contribution in [0.15, 0.2) is 77.8 Å². The van der Waals surface area contributed by atoms with E-state index in [1.54, 1.807) is 57.2 Å². The third-order valence-electron chi connectivity index (χ3n) is 6.67. The maximum Gasteiger partial charge on any atom is 0.411 e. The highest BCUT2D eigenvalue weighted by Gasteiger charge is 2.36. The first-order valence-electron chi connectivity index (χ1n) is 12.9. The molecule has 1 unspecified atom stereocenters. The van der Waals surface area contributed by atoms with E-state index < -0.39 is 40.2 Å². The Morgan fingerprint density at radius 2 is 1.83 bits per heavy atom. The molecule has 2 aromatic heterocycles. The van der Waals surface area contributed by atoms with Crippen molar-refractivity contribution in [2.45, 2.75) is 37.3 Å². The molecule has 9 nitrogen and oxygen atoms in total. The van der Waals surface area contributed by atoms with E-state index in [0.717, 1.165) is 3.97 Å². The van der Waals surface area contributed by atoms with Gasteiger partial charge in [-0.05, 0) is 74.4 Å². The lowest BCUT2D eigenvalue weighted by molar-refractivity contribution is 0.0200. The van der Waals surface area contributed by atoms with Crippen LogP contribution in [0.3, 0.4) is 0 Å². The molecule has 0 bridgehead atoms. The van der Waals surface area contributed by atoms with Crippen LogP contribution in [0, 0.1) is 5.82 Å². The minimum atomic E-state index is -4.19. The highest BCUT2D eigenvalue weighted by atomic mass is 32.2. The Hall–Kier alpha value is -4.22.